The molecular weight excluding hydrogens is 303 g/mol. The Balaban J connectivity index is 1.80. The van der Waals surface area contributed by atoms with Crippen LogP contribution < -0.4 is 5.32 Å². The summed E-state index contributed by atoms with van der Waals surface area (Å²) in [5, 5.41) is 5.13. The maximum Gasteiger partial charge on any atom is 0.0637 e. The Morgan fingerprint density at radius 1 is 1.33 bits per heavy atom. The van der Waals surface area contributed by atoms with Crippen LogP contribution in [0.2, 0.25) is 10.0 Å². The molecule has 2 atom stereocenters. The largest absolute Gasteiger partial charge is 0.311 e. The molecule has 0 amide bonds. The van der Waals surface area contributed by atoms with Gasteiger partial charge in [-0.15, -0.1) is 0 Å². The lowest BCUT2D eigenvalue weighted by Gasteiger charge is -2.48. The standard InChI is InChI=1S/C17H24Cl2N2/c1-3-17(2)11-20-15(12-7-8-12)10-21(17)9-13-5-4-6-14(18)16(13)19/h4-6,12,15,20H,3,7-11H2,1-2H3. The zero-order valence-electron chi connectivity index (χ0n) is 12.8. The van der Waals surface area contributed by atoms with E-state index in [2.05, 4.69) is 30.1 Å². The second kappa shape index (κ2) is 6.08. The number of hydrogen-bond donors (Lipinski definition) is 1. The SMILES string of the molecule is CCC1(C)CNC(C2CC2)CN1Cc1cccc(Cl)c1Cl. The third kappa shape index (κ3) is 3.24. The van der Waals surface area contributed by atoms with Crippen molar-refractivity contribution >= 4 is 23.2 Å². The normalized spacial score (nSPS) is 30.6. The van der Waals surface area contributed by atoms with Gasteiger partial charge in [-0.25, -0.2) is 0 Å². The van der Waals surface area contributed by atoms with Crippen LogP contribution in [-0.4, -0.2) is 29.6 Å². The van der Waals surface area contributed by atoms with Gasteiger partial charge < -0.3 is 5.32 Å². The first-order valence-electron chi connectivity index (χ1n) is 7.95. The molecule has 1 saturated heterocycles. The van der Waals surface area contributed by atoms with Gasteiger partial charge in [-0.3, -0.25) is 4.90 Å². The topological polar surface area (TPSA) is 15.3 Å². The lowest BCUT2D eigenvalue weighted by Crippen LogP contribution is -2.63. The van der Waals surface area contributed by atoms with Crippen LogP contribution in [0.1, 0.15) is 38.7 Å². The van der Waals surface area contributed by atoms with Crippen molar-refractivity contribution in [1.29, 1.82) is 0 Å². The lowest BCUT2D eigenvalue weighted by molar-refractivity contribution is 0.0369. The van der Waals surface area contributed by atoms with E-state index in [1.165, 1.54) is 12.8 Å². The van der Waals surface area contributed by atoms with Gasteiger partial charge >= 0.3 is 0 Å². The molecule has 2 nitrogen and oxygen atoms in total. The van der Waals surface area contributed by atoms with Gasteiger partial charge in [-0.1, -0.05) is 42.3 Å². The van der Waals surface area contributed by atoms with Crippen molar-refractivity contribution in [3.63, 3.8) is 0 Å². The highest BCUT2D eigenvalue weighted by Crippen LogP contribution is 2.37. The Morgan fingerprint density at radius 2 is 2.10 bits per heavy atom. The molecule has 0 aromatic heterocycles. The minimum atomic E-state index is 0.192. The molecule has 1 N–H and O–H groups in total. The summed E-state index contributed by atoms with van der Waals surface area (Å²) < 4.78 is 0. The number of halogens is 2. The van der Waals surface area contributed by atoms with E-state index in [9.17, 15) is 0 Å². The lowest BCUT2D eigenvalue weighted by atomic mass is 9.90. The average molecular weight is 327 g/mol. The summed E-state index contributed by atoms with van der Waals surface area (Å²) in [7, 11) is 0. The summed E-state index contributed by atoms with van der Waals surface area (Å²) in [6, 6.07) is 6.59. The van der Waals surface area contributed by atoms with E-state index < -0.39 is 0 Å². The van der Waals surface area contributed by atoms with Crippen LogP contribution in [0.25, 0.3) is 0 Å². The van der Waals surface area contributed by atoms with Crippen LogP contribution in [0.5, 0.6) is 0 Å². The molecule has 2 unspecified atom stereocenters. The molecule has 1 heterocycles. The van der Waals surface area contributed by atoms with Gasteiger partial charge in [0.2, 0.25) is 0 Å². The van der Waals surface area contributed by atoms with Gasteiger partial charge in [0.1, 0.15) is 0 Å². The molecule has 1 saturated carbocycles. The van der Waals surface area contributed by atoms with Crippen molar-refractivity contribution in [2.45, 2.75) is 51.2 Å². The molecule has 116 valence electrons. The number of rotatable bonds is 4. The van der Waals surface area contributed by atoms with Crippen molar-refractivity contribution in [2.24, 2.45) is 5.92 Å². The Hall–Kier alpha value is -0.280. The third-order valence-electron chi connectivity index (χ3n) is 5.27. The monoisotopic (exact) mass is 326 g/mol. The summed E-state index contributed by atoms with van der Waals surface area (Å²) in [5.41, 5.74) is 1.33. The van der Waals surface area contributed by atoms with Crippen molar-refractivity contribution in [2.75, 3.05) is 13.1 Å². The van der Waals surface area contributed by atoms with E-state index in [4.69, 9.17) is 23.2 Å². The van der Waals surface area contributed by atoms with E-state index in [0.717, 1.165) is 37.5 Å². The van der Waals surface area contributed by atoms with Crippen LogP contribution in [0.15, 0.2) is 18.2 Å². The van der Waals surface area contributed by atoms with E-state index in [0.29, 0.717) is 16.1 Å². The molecule has 2 fully saturated rings. The molecule has 1 aromatic carbocycles. The molecule has 1 aromatic rings. The molecule has 4 heteroatoms. The average Bonchev–Trinajstić information content (AvgIpc) is 3.31. The summed E-state index contributed by atoms with van der Waals surface area (Å²) in [4.78, 5) is 2.60. The maximum atomic E-state index is 6.39. The van der Waals surface area contributed by atoms with Gasteiger partial charge in [0, 0.05) is 31.2 Å². The smallest absolute Gasteiger partial charge is 0.0637 e. The van der Waals surface area contributed by atoms with Crippen LogP contribution in [0, 0.1) is 5.92 Å². The molecule has 1 aliphatic carbocycles. The molecule has 3 rings (SSSR count). The van der Waals surface area contributed by atoms with Gasteiger partial charge in [-0.2, -0.15) is 0 Å². The number of nitrogens with one attached hydrogen (secondary N) is 1. The minimum absolute atomic E-state index is 0.192. The minimum Gasteiger partial charge on any atom is -0.311 e. The van der Waals surface area contributed by atoms with Crippen molar-refractivity contribution in [1.82, 2.24) is 10.2 Å². The quantitative estimate of drug-likeness (QED) is 0.885. The molecule has 0 bridgehead atoms. The molecule has 1 aliphatic heterocycles. The first kappa shape index (κ1) is 15.6. The number of benzene rings is 1. The predicted octanol–water partition coefficient (Wildman–Crippen LogP) is 4.35. The number of hydrogen-bond acceptors (Lipinski definition) is 2. The van der Waals surface area contributed by atoms with Crippen molar-refractivity contribution < 1.29 is 0 Å². The fourth-order valence-electron chi connectivity index (χ4n) is 3.28. The molecule has 0 radical (unpaired) electrons. The van der Waals surface area contributed by atoms with Crippen LogP contribution in [0.3, 0.4) is 0 Å². The second-order valence-electron chi connectivity index (χ2n) is 6.77. The Kier molecular flexibility index (Phi) is 4.52. The Labute approximate surface area is 137 Å². The van der Waals surface area contributed by atoms with E-state index in [1.807, 2.05) is 12.1 Å². The van der Waals surface area contributed by atoms with E-state index >= 15 is 0 Å². The van der Waals surface area contributed by atoms with Crippen molar-refractivity contribution in [3.05, 3.63) is 33.8 Å². The molecule has 21 heavy (non-hydrogen) atoms. The molecule has 0 spiro atoms. The fourth-order valence-corrected chi connectivity index (χ4v) is 3.66. The number of nitrogens with zero attached hydrogens (tertiary/aromatic N) is 1. The maximum absolute atomic E-state index is 6.39. The Bertz CT molecular complexity index is 516. The summed E-state index contributed by atoms with van der Waals surface area (Å²) in [5.74, 6) is 0.878. The third-order valence-corrected chi connectivity index (χ3v) is 6.13. The van der Waals surface area contributed by atoms with Crippen molar-refractivity contribution in [3.8, 4) is 0 Å². The summed E-state index contributed by atoms with van der Waals surface area (Å²) in [6.45, 7) is 7.67. The zero-order chi connectivity index (χ0) is 15.0. The van der Waals surface area contributed by atoms with E-state index in [-0.39, 0.29) is 5.54 Å². The summed E-state index contributed by atoms with van der Waals surface area (Å²) >= 11 is 12.5. The molecule has 2 aliphatic rings. The van der Waals surface area contributed by atoms with E-state index in [1.54, 1.807) is 0 Å². The summed E-state index contributed by atoms with van der Waals surface area (Å²) in [6.07, 6.45) is 3.90. The first-order chi connectivity index (χ1) is 10.0. The van der Waals surface area contributed by atoms with Crippen LogP contribution in [0.4, 0.5) is 0 Å². The number of piperazine rings is 1. The van der Waals surface area contributed by atoms with Gasteiger partial charge in [0.15, 0.2) is 0 Å². The fraction of sp³-hybridized carbons (Fsp3) is 0.647. The highest BCUT2D eigenvalue weighted by molar-refractivity contribution is 6.42. The predicted molar refractivity (Wildman–Crippen MR) is 90.1 cm³/mol. The second-order valence-corrected chi connectivity index (χ2v) is 7.55. The highest BCUT2D eigenvalue weighted by atomic mass is 35.5. The molecular formula is C17H24Cl2N2. The highest BCUT2D eigenvalue weighted by Gasteiger charge is 2.41. The van der Waals surface area contributed by atoms with Gasteiger partial charge in [-0.05, 0) is 43.7 Å². The van der Waals surface area contributed by atoms with Crippen LogP contribution >= 0.6 is 23.2 Å². The van der Waals surface area contributed by atoms with Gasteiger partial charge in [0.25, 0.3) is 0 Å². The van der Waals surface area contributed by atoms with Gasteiger partial charge in [0.05, 0.1) is 10.0 Å². The Morgan fingerprint density at radius 3 is 2.76 bits per heavy atom. The first-order valence-corrected chi connectivity index (χ1v) is 8.70. The zero-order valence-corrected chi connectivity index (χ0v) is 14.3. The van der Waals surface area contributed by atoms with Crippen LogP contribution in [-0.2, 0) is 6.54 Å².